The summed E-state index contributed by atoms with van der Waals surface area (Å²) in [6.45, 7) is 3.59. The van der Waals surface area contributed by atoms with Crippen LogP contribution in [0.3, 0.4) is 0 Å². The third-order valence-electron chi connectivity index (χ3n) is 2.75. The molecule has 0 spiro atoms. The van der Waals surface area contributed by atoms with Crippen LogP contribution >= 0.6 is 23.2 Å². The highest BCUT2D eigenvalue weighted by Crippen LogP contribution is 2.25. The van der Waals surface area contributed by atoms with Crippen LogP contribution in [0.15, 0.2) is 41.3 Å². The van der Waals surface area contributed by atoms with E-state index in [1.165, 1.54) is 12.1 Å². The van der Waals surface area contributed by atoms with E-state index in [9.17, 15) is 8.42 Å². The highest BCUT2D eigenvalue weighted by Gasteiger charge is 2.17. The maximum absolute atomic E-state index is 12.4. The van der Waals surface area contributed by atoms with Gasteiger partial charge in [0.25, 0.3) is 10.0 Å². The second-order valence-electron chi connectivity index (χ2n) is 4.53. The van der Waals surface area contributed by atoms with Crippen LogP contribution in [-0.4, -0.2) is 8.42 Å². The number of hydrogen-bond acceptors (Lipinski definition) is 2. The summed E-state index contributed by atoms with van der Waals surface area (Å²) in [5.41, 5.74) is 1.89. The first kappa shape index (κ1) is 15.2. The summed E-state index contributed by atoms with van der Waals surface area (Å²) in [4.78, 5) is 0.244. The van der Waals surface area contributed by atoms with E-state index < -0.39 is 10.0 Å². The summed E-state index contributed by atoms with van der Waals surface area (Å²) in [5.74, 6) is 0. The molecule has 2 rings (SSSR count). The van der Waals surface area contributed by atoms with Crippen LogP contribution in [0.5, 0.6) is 0 Å². The van der Waals surface area contributed by atoms with Gasteiger partial charge in [0.2, 0.25) is 0 Å². The van der Waals surface area contributed by atoms with Crippen molar-refractivity contribution in [3.8, 4) is 0 Å². The molecule has 3 nitrogen and oxygen atoms in total. The second-order valence-corrected chi connectivity index (χ2v) is 7.06. The Morgan fingerprint density at radius 2 is 1.55 bits per heavy atom. The quantitative estimate of drug-likeness (QED) is 0.906. The maximum atomic E-state index is 12.4. The lowest BCUT2D eigenvalue weighted by Gasteiger charge is -2.11. The van der Waals surface area contributed by atoms with Crippen molar-refractivity contribution < 1.29 is 8.42 Å². The molecule has 0 radical (unpaired) electrons. The average Bonchev–Trinajstić information content (AvgIpc) is 2.30. The molecule has 0 heterocycles. The number of anilines is 1. The van der Waals surface area contributed by atoms with Gasteiger partial charge in [0, 0.05) is 10.0 Å². The molecule has 0 aromatic heterocycles. The molecule has 0 aliphatic rings. The van der Waals surface area contributed by atoms with Crippen molar-refractivity contribution in [2.45, 2.75) is 18.7 Å². The van der Waals surface area contributed by atoms with E-state index in [1.54, 1.807) is 25.1 Å². The van der Waals surface area contributed by atoms with E-state index in [0.29, 0.717) is 21.3 Å². The van der Waals surface area contributed by atoms with Gasteiger partial charge in [0.05, 0.1) is 10.6 Å². The zero-order valence-corrected chi connectivity index (χ0v) is 13.3. The zero-order chi connectivity index (χ0) is 14.9. The van der Waals surface area contributed by atoms with Crippen LogP contribution in [0.4, 0.5) is 5.69 Å². The minimum absolute atomic E-state index is 0.244. The molecule has 0 atom stereocenters. The average molecular weight is 330 g/mol. The SMILES string of the molecule is Cc1ccc(C)c(S(=O)(=O)Nc2cc(Cl)cc(Cl)c2)c1. The largest absolute Gasteiger partial charge is 0.280 e. The Kier molecular flexibility index (Phi) is 4.28. The fourth-order valence-electron chi connectivity index (χ4n) is 1.82. The lowest BCUT2D eigenvalue weighted by Crippen LogP contribution is -2.14. The molecule has 6 heteroatoms. The Morgan fingerprint density at radius 1 is 0.950 bits per heavy atom. The molecule has 0 aliphatic carbocycles. The van der Waals surface area contributed by atoms with E-state index in [2.05, 4.69) is 4.72 Å². The zero-order valence-electron chi connectivity index (χ0n) is 10.9. The van der Waals surface area contributed by atoms with E-state index in [4.69, 9.17) is 23.2 Å². The highest BCUT2D eigenvalue weighted by atomic mass is 35.5. The lowest BCUT2D eigenvalue weighted by molar-refractivity contribution is 0.600. The smallest absolute Gasteiger partial charge is 0.262 e. The standard InChI is InChI=1S/C14H13Cl2NO2S/c1-9-3-4-10(2)14(5-9)20(18,19)17-13-7-11(15)6-12(16)8-13/h3-8,17H,1-2H3. The molecular weight excluding hydrogens is 317 g/mol. The van der Waals surface area contributed by atoms with Gasteiger partial charge in [-0.05, 0) is 49.2 Å². The van der Waals surface area contributed by atoms with Gasteiger partial charge in [-0.25, -0.2) is 8.42 Å². The van der Waals surface area contributed by atoms with Gasteiger partial charge in [-0.3, -0.25) is 4.72 Å². The second kappa shape index (κ2) is 5.64. The topological polar surface area (TPSA) is 46.2 Å². The predicted octanol–water partition coefficient (Wildman–Crippen LogP) is 4.41. The first-order valence-corrected chi connectivity index (χ1v) is 8.08. The fraction of sp³-hybridized carbons (Fsp3) is 0.143. The van der Waals surface area contributed by atoms with Gasteiger partial charge in [-0.2, -0.15) is 0 Å². The van der Waals surface area contributed by atoms with Crippen molar-refractivity contribution in [2.24, 2.45) is 0 Å². The summed E-state index contributed by atoms with van der Waals surface area (Å²) >= 11 is 11.7. The fourth-order valence-corrected chi connectivity index (χ4v) is 3.72. The predicted molar refractivity (Wildman–Crippen MR) is 83.2 cm³/mol. The summed E-state index contributed by atoms with van der Waals surface area (Å²) in [6.07, 6.45) is 0. The van der Waals surface area contributed by atoms with Crippen LogP contribution in [0, 0.1) is 13.8 Å². The Labute approximate surface area is 128 Å². The van der Waals surface area contributed by atoms with Crippen molar-refractivity contribution in [3.05, 3.63) is 57.6 Å². The first-order chi connectivity index (χ1) is 9.28. The summed E-state index contributed by atoms with van der Waals surface area (Å²) in [6, 6.07) is 9.83. The van der Waals surface area contributed by atoms with Crippen molar-refractivity contribution >= 4 is 38.9 Å². The molecule has 20 heavy (non-hydrogen) atoms. The van der Waals surface area contributed by atoms with E-state index in [1.807, 2.05) is 13.0 Å². The number of halogens is 2. The van der Waals surface area contributed by atoms with Crippen LogP contribution in [0.1, 0.15) is 11.1 Å². The molecule has 0 bridgehead atoms. The number of nitrogens with one attached hydrogen (secondary N) is 1. The Hall–Kier alpha value is -1.23. The number of hydrogen-bond donors (Lipinski definition) is 1. The molecular formula is C14H13Cl2NO2S. The van der Waals surface area contributed by atoms with Crippen molar-refractivity contribution in [1.82, 2.24) is 0 Å². The molecule has 0 unspecified atom stereocenters. The molecule has 0 aliphatic heterocycles. The Bertz CT molecular complexity index is 738. The van der Waals surface area contributed by atoms with Crippen molar-refractivity contribution in [2.75, 3.05) is 4.72 Å². The van der Waals surface area contributed by atoms with E-state index >= 15 is 0 Å². The molecule has 106 valence electrons. The molecule has 2 aromatic carbocycles. The van der Waals surface area contributed by atoms with Gasteiger partial charge in [-0.15, -0.1) is 0 Å². The molecule has 0 fully saturated rings. The summed E-state index contributed by atoms with van der Waals surface area (Å²) in [5, 5.41) is 0.743. The molecule has 0 saturated heterocycles. The highest BCUT2D eigenvalue weighted by molar-refractivity contribution is 7.92. The van der Waals surface area contributed by atoms with Gasteiger partial charge in [0.1, 0.15) is 0 Å². The molecule has 0 saturated carbocycles. The third kappa shape index (κ3) is 3.45. The van der Waals surface area contributed by atoms with Gasteiger partial charge in [-0.1, -0.05) is 35.3 Å². The van der Waals surface area contributed by atoms with Crippen molar-refractivity contribution in [3.63, 3.8) is 0 Å². The van der Waals surface area contributed by atoms with E-state index in [-0.39, 0.29) is 4.90 Å². The number of aryl methyl sites for hydroxylation is 2. The van der Waals surface area contributed by atoms with Crippen LogP contribution in [-0.2, 0) is 10.0 Å². The molecule has 0 amide bonds. The normalized spacial score (nSPS) is 11.4. The number of benzene rings is 2. The molecule has 1 N–H and O–H groups in total. The molecule has 2 aromatic rings. The van der Waals surface area contributed by atoms with Crippen LogP contribution in [0.25, 0.3) is 0 Å². The number of rotatable bonds is 3. The van der Waals surface area contributed by atoms with Crippen LogP contribution < -0.4 is 4.72 Å². The summed E-state index contributed by atoms with van der Waals surface area (Å²) in [7, 11) is -3.67. The Balaban J connectivity index is 2.43. The Morgan fingerprint density at radius 3 is 2.15 bits per heavy atom. The van der Waals surface area contributed by atoms with Crippen molar-refractivity contribution in [1.29, 1.82) is 0 Å². The first-order valence-electron chi connectivity index (χ1n) is 5.84. The lowest BCUT2D eigenvalue weighted by atomic mass is 10.2. The van der Waals surface area contributed by atoms with Gasteiger partial charge >= 0.3 is 0 Å². The minimum atomic E-state index is -3.67. The third-order valence-corrected chi connectivity index (χ3v) is 4.71. The van der Waals surface area contributed by atoms with Crippen LogP contribution in [0.2, 0.25) is 10.0 Å². The maximum Gasteiger partial charge on any atom is 0.262 e. The number of sulfonamides is 1. The monoisotopic (exact) mass is 329 g/mol. The minimum Gasteiger partial charge on any atom is -0.280 e. The van der Waals surface area contributed by atoms with Gasteiger partial charge in [0.15, 0.2) is 0 Å². The van der Waals surface area contributed by atoms with E-state index in [0.717, 1.165) is 5.56 Å². The van der Waals surface area contributed by atoms with Gasteiger partial charge < -0.3 is 0 Å². The summed E-state index contributed by atoms with van der Waals surface area (Å²) < 4.78 is 27.3.